The summed E-state index contributed by atoms with van der Waals surface area (Å²) in [5, 5.41) is 16.9. The van der Waals surface area contributed by atoms with Crippen LogP contribution in [0.4, 0.5) is 21.5 Å². The Hall–Kier alpha value is -2.55. The van der Waals surface area contributed by atoms with Crippen molar-refractivity contribution in [3.63, 3.8) is 0 Å². The van der Waals surface area contributed by atoms with Crippen LogP contribution >= 0.6 is 11.6 Å². The zero-order valence-corrected chi connectivity index (χ0v) is 19.4. The maximum atomic E-state index is 14.6. The van der Waals surface area contributed by atoms with Gasteiger partial charge in [-0.15, -0.1) is 0 Å². The SMILES string of the molecule is C[C@H](c1ccc(Cl)cc1F)N1CNc2ccc(N3CCN(C(=O)[C@H]4CCN4)[C@H](CO)C3)cc21. The summed E-state index contributed by atoms with van der Waals surface area (Å²) in [6, 6.07) is 10.5. The molecule has 176 valence electrons. The van der Waals surface area contributed by atoms with Gasteiger partial charge in [-0.1, -0.05) is 17.7 Å². The Morgan fingerprint density at radius 1 is 1.27 bits per heavy atom. The van der Waals surface area contributed by atoms with Crippen molar-refractivity contribution in [2.45, 2.75) is 31.5 Å². The van der Waals surface area contributed by atoms with Gasteiger partial charge in [0, 0.05) is 35.9 Å². The van der Waals surface area contributed by atoms with Crippen LogP contribution < -0.4 is 20.4 Å². The van der Waals surface area contributed by atoms with E-state index in [4.69, 9.17) is 11.6 Å². The van der Waals surface area contributed by atoms with Crippen molar-refractivity contribution in [1.82, 2.24) is 10.2 Å². The highest BCUT2D eigenvalue weighted by atomic mass is 35.5. The number of nitrogens with one attached hydrogen (secondary N) is 2. The van der Waals surface area contributed by atoms with E-state index >= 15 is 0 Å². The summed E-state index contributed by atoms with van der Waals surface area (Å²) in [7, 11) is 0. The molecule has 33 heavy (non-hydrogen) atoms. The van der Waals surface area contributed by atoms with Crippen LogP contribution in [-0.4, -0.2) is 67.5 Å². The molecular formula is C24H29ClFN5O2. The number of hydrogen-bond acceptors (Lipinski definition) is 6. The van der Waals surface area contributed by atoms with Crippen LogP contribution in [0, 0.1) is 5.82 Å². The third kappa shape index (κ3) is 4.11. The van der Waals surface area contributed by atoms with Crippen LogP contribution in [0.5, 0.6) is 0 Å². The number of amides is 1. The van der Waals surface area contributed by atoms with E-state index in [1.807, 2.05) is 17.9 Å². The lowest BCUT2D eigenvalue weighted by Gasteiger charge is -2.44. The number of nitrogens with zero attached hydrogens (tertiary/aromatic N) is 3. The molecule has 0 bridgehead atoms. The van der Waals surface area contributed by atoms with Gasteiger partial charge in [-0.25, -0.2) is 4.39 Å². The standard InChI is InChI=1S/C24H29ClFN5O2/c1-15(19-4-2-16(25)10-20(19)26)31-14-28-21-5-3-17(11-23(21)31)29-8-9-30(18(12-29)13-32)24(33)22-6-7-27-22/h2-5,10-11,15,18,22,27-28,32H,6-9,12-14H2,1H3/t15-,18+,22-/m1/s1. The molecule has 2 aromatic rings. The van der Waals surface area contributed by atoms with Crippen molar-refractivity contribution in [3.8, 4) is 0 Å². The quantitative estimate of drug-likeness (QED) is 0.620. The lowest BCUT2D eigenvalue weighted by molar-refractivity contribution is -0.139. The van der Waals surface area contributed by atoms with Crippen LogP contribution in [0.25, 0.3) is 0 Å². The molecule has 2 aromatic carbocycles. The molecule has 3 aliphatic rings. The van der Waals surface area contributed by atoms with E-state index in [1.54, 1.807) is 12.1 Å². The van der Waals surface area contributed by atoms with E-state index in [0.29, 0.717) is 36.9 Å². The number of carbonyl (C=O) groups is 1. The number of piperazine rings is 1. The van der Waals surface area contributed by atoms with Crippen LogP contribution in [0.1, 0.15) is 24.9 Å². The molecule has 0 saturated carbocycles. The minimum atomic E-state index is -0.313. The number of anilines is 3. The Morgan fingerprint density at radius 3 is 2.79 bits per heavy atom. The molecule has 3 aliphatic heterocycles. The molecule has 2 saturated heterocycles. The summed E-state index contributed by atoms with van der Waals surface area (Å²) < 4.78 is 14.6. The highest BCUT2D eigenvalue weighted by Gasteiger charge is 2.36. The van der Waals surface area contributed by atoms with Crippen molar-refractivity contribution < 1.29 is 14.3 Å². The largest absolute Gasteiger partial charge is 0.394 e. The molecule has 1 amide bonds. The first-order valence-electron chi connectivity index (χ1n) is 11.5. The van der Waals surface area contributed by atoms with Gasteiger partial charge in [0.25, 0.3) is 0 Å². The van der Waals surface area contributed by atoms with Crippen molar-refractivity contribution in [3.05, 3.63) is 52.8 Å². The molecule has 2 fully saturated rings. The molecule has 0 aromatic heterocycles. The lowest BCUT2D eigenvalue weighted by atomic mass is 10.0. The second kappa shape index (κ2) is 9.00. The average molecular weight is 474 g/mol. The Labute approximate surface area is 198 Å². The zero-order valence-electron chi connectivity index (χ0n) is 18.6. The van der Waals surface area contributed by atoms with Crippen molar-refractivity contribution in [2.24, 2.45) is 0 Å². The fraction of sp³-hybridized carbons (Fsp3) is 0.458. The van der Waals surface area contributed by atoms with Gasteiger partial charge in [0.2, 0.25) is 5.91 Å². The van der Waals surface area contributed by atoms with Crippen LogP contribution in [0.3, 0.4) is 0 Å². The first kappa shape index (κ1) is 22.3. The Morgan fingerprint density at radius 2 is 2.09 bits per heavy atom. The molecular weight excluding hydrogens is 445 g/mol. The number of fused-ring (bicyclic) bond motifs is 1. The molecule has 9 heteroatoms. The zero-order chi connectivity index (χ0) is 23.1. The second-order valence-corrected chi connectivity index (χ2v) is 9.39. The van der Waals surface area contributed by atoms with E-state index < -0.39 is 0 Å². The minimum Gasteiger partial charge on any atom is -0.394 e. The first-order chi connectivity index (χ1) is 16.0. The number of halogens is 2. The normalized spacial score (nSPS) is 23.1. The first-order valence-corrected chi connectivity index (χ1v) is 11.8. The summed E-state index contributed by atoms with van der Waals surface area (Å²) in [5.74, 6) is -0.227. The van der Waals surface area contributed by atoms with Crippen molar-refractivity contribution >= 4 is 34.6 Å². The monoisotopic (exact) mass is 473 g/mol. The Bertz CT molecular complexity index is 1050. The van der Waals surface area contributed by atoms with E-state index in [-0.39, 0.29) is 36.5 Å². The maximum Gasteiger partial charge on any atom is 0.240 e. The van der Waals surface area contributed by atoms with E-state index in [1.165, 1.54) is 6.07 Å². The van der Waals surface area contributed by atoms with Gasteiger partial charge in [-0.2, -0.15) is 0 Å². The van der Waals surface area contributed by atoms with E-state index in [0.717, 1.165) is 30.0 Å². The summed E-state index contributed by atoms with van der Waals surface area (Å²) in [6.07, 6.45) is 0.858. The number of rotatable bonds is 5. The summed E-state index contributed by atoms with van der Waals surface area (Å²) in [5.41, 5.74) is 3.63. The van der Waals surface area contributed by atoms with E-state index in [2.05, 4.69) is 32.6 Å². The lowest BCUT2D eigenvalue weighted by Crippen LogP contribution is -2.63. The average Bonchev–Trinajstić information content (AvgIpc) is 3.20. The molecule has 0 spiro atoms. The van der Waals surface area contributed by atoms with Crippen molar-refractivity contribution in [1.29, 1.82) is 0 Å². The third-order valence-corrected chi connectivity index (χ3v) is 7.31. The number of hydrogen-bond donors (Lipinski definition) is 3. The van der Waals surface area contributed by atoms with Gasteiger partial charge in [-0.05, 0) is 50.2 Å². The number of benzene rings is 2. The van der Waals surface area contributed by atoms with Gasteiger partial charge in [0.1, 0.15) is 5.82 Å². The summed E-state index contributed by atoms with van der Waals surface area (Å²) in [4.78, 5) is 18.9. The molecule has 5 rings (SSSR count). The third-order valence-electron chi connectivity index (χ3n) is 7.07. The van der Waals surface area contributed by atoms with Gasteiger partial charge in [0.15, 0.2) is 0 Å². The molecule has 3 N–H and O–H groups in total. The summed E-state index contributed by atoms with van der Waals surface area (Å²) >= 11 is 5.93. The van der Waals surface area contributed by atoms with Crippen molar-refractivity contribution in [2.75, 3.05) is 54.6 Å². The molecule has 0 aliphatic carbocycles. The highest BCUT2D eigenvalue weighted by Crippen LogP contribution is 2.40. The molecule has 3 atom stereocenters. The predicted molar refractivity (Wildman–Crippen MR) is 128 cm³/mol. The fourth-order valence-electron chi connectivity index (χ4n) is 4.95. The smallest absolute Gasteiger partial charge is 0.240 e. The summed E-state index contributed by atoms with van der Waals surface area (Å²) in [6.45, 7) is 5.21. The number of aliphatic hydroxyl groups is 1. The highest BCUT2D eigenvalue weighted by molar-refractivity contribution is 6.30. The minimum absolute atomic E-state index is 0.0690. The van der Waals surface area contributed by atoms with E-state index in [9.17, 15) is 14.3 Å². The Kier molecular flexibility index (Phi) is 6.07. The predicted octanol–water partition coefficient (Wildman–Crippen LogP) is 2.80. The topological polar surface area (TPSA) is 71.1 Å². The van der Waals surface area contributed by atoms with Gasteiger partial charge >= 0.3 is 0 Å². The molecule has 0 radical (unpaired) electrons. The molecule has 7 nitrogen and oxygen atoms in total. The molecule has 0 unspecified atom stereocenters. The van der Waals surface area contributed by atoms with Crippen LogP contribution in [0.2, 0.25) is 5.02 Å². The molecule has 3 heterocycles. The van der Waals surface area contributed by atoms with Gasteiger partial charge < -0.3 is 30.4 Å². The van der Waals surface area contributed by atoms with Crippen LogP contribution in [-0.2, 0) is 4.79 Å². The van der Waals surface area contributed by atoms with Gasteiger partial charge in [0.05, 0.1) is 42.8 Å². The van der Waals surface area contributed by atoms with Gasteiger partial charge in [-0.3, -0.25) is 4.79 Å². The van der Waals surface area contributed by atoms with Crippen LogP contribution in [0.15, 0.2) is 36.4 Å². The maximum absolute atomic E-state index is 14.6. The number of carbonyl (C=O) groups excluding carboxylic acids is 1. The second-order valence-electron chi connectivity index (χ2n) is 8.96. The Balaban J connectivity index is 1.35. The number of aliphatic hydroxyl groups excluding tert-OH is 1. The fourth-order valence-corrected chi connectivity index (χ4v) is 5.11.